The van der Waals surface area contributed by atoms with E-state index >= 15 is 0 Å². The number of halogens is 3. The number of hydrogen-bond acceptors (Lipinski definition) is 4. The molecule has 1 unspecified atom stereocenters. The summed E-state index contributed by atoms with van der Waals surface area (Å²) in [4.78, 5) is 12.0. The Morgan fingerprint density at radius 3 is 2.79 bits per heavy atom. The highest BCUT2D eigenvalue weighted by molar-refractivity contribution is 7.91. The van der Waals surface area contributed by atoms with Gasteiger partial charge in [-0.1, -0.05) is 6.07 Å². The van der Waals surface area contributed by atoms with Crippen LogP contribution in [0.15, 0.2) is 41.4 Å². The van der Waals surface area contributed by atoms with Crippen LogP contribution in [0.3, 0.4) is 0 Å². The Bertz CT molecular complexity index is 865. The zero-order chi connectivity index (χ0) is 17.3. The minimum Gasteiger partial charge on any atom is -0.612 e. The number of fused-ring (bicyclic) bond motifs is 1. The number of aromatic amines is 1. The molecule has 9 heteroatoms. The fraction of sp³-hybridized carbons (Fsp3) is 0.200. The Hall–Kier alpha value is -2.26. The molecule has 0 aliphatic heterocycles. The maximum Gasteiger partial charge on any atom is 0.422 e. The number of ether oxygens (including phenoxy) is 1. The number of benzene rings is 1. The molecule has 0 saturated carbocycles. The van der Waals surface area contributed by atoms with Gasteiger partial charge in [0.1, 0.15) is 23.2 Å². The largest absolute Gasteiger partial charge is 0.612 e. The van der Waals surface area contributed by atoms with Crippen molar-refractivity contribution in [2.45, 2.75) is 11.1 Å². The zero-order valence-corrected chi connectivity index (χ0v) is 13.2. The predicted octanol–water partition coefficient (Wildman–Crippen LogP) is 3.30. The molecule has 1 atom stereocenters. The average Bonchev–Trinajstić information content (AvgIpc) is 2.96. The molecule has 0 spiro atoms. The molecule has 1 aromatic carbocycles. The van der Waals surface area contributed by atoms with Crippen molar-refractivity contribution in [2.75, 3.05) is 12.9 Å². The molecule has 2 heterocycles. The van der Waals surface area contributed by atoms with Crippen molar-refractivity contribution < 1.29 is 22.5 Å². The first-order chi connectivity index (χ1) is 11.3. The van der Waals surface area contributed by atoms with Crippen molar-refractivity contribution in [3.05, 3.63) is 36.5 Å². The van der Waals surface area contributed by atoms with Crippen molar-refractivity contribution in [1.29, 1.82) is 0 Å². The maximum atomic E-state index is 12.2. The lowest BCUT2D eigenvalue weighted by atomic mass is 10.3. The standard InChI is InChI=1S/C15H12F3N3O2S/c1-24(22)12-4-2-3-10-13(12)21-14(20-10)11-7-9(5-6-19-11)23-8-15(16,17)18/h2-7H,8H2,1H3,(H,20,21). The quantitative estimate of drug-likeness (QED) is 0.729. The number of imidazole rings is 1. The minimum atomic E-state index is -4.41. The molecule has 0 aliphatic rings. The Kier molecular flexibility index (Phi) is 4.37. The molecule has 0 fully saturated rings. The van der Waals surface area contributed by atoms with E-state index in [1.165, 1.54) is 18.3 Å². The van der Waals surface area contributed by atoms with E-state index in [9.17, 15) is 17.7 Å². The number of hydrogen-bond donors (Lipinski definition) is 1. The monoisotopic (exact) mass is 355 g/mol. The zero-order valence-electron chi connectivity index (χ0n) is 12.4. The normalized spacial score (nSPS) is 13.2. The smallest absolute Gasteiger partial charge is 0.422 e. The predicted molar refractivity (Wildman–Crippen MR) is 83.2 cm³/mol. The van der Waals surface area contributed by atoms with E-state index in [0.29, 0.717) is 27.4 Å². The number of pyridine rings is 1. The Balaban J connectivity index is 1.94. The van der Waals surface area contributed by atoms with Gasteiger partial charge in [0.05, 0.1) is 5.52 Å². The van der Waals surface area contributed by atoms with Gasteiger partial charge in [0, 0.05) is 12.3 Å². The second-order valence-electron chi connectivity index (χ2n) is 4.97. The highest BCUT2D eigenvalue weighted by Gasteiger charge is 2.28. The van der Waals surface area contributed by atoms with Gasteiger partial charge in [-0.05, 0) is 29.4 Å². The Morgan fingerprint density at radius 2 is 2.08 bits per heavy atom. The summed E-state index contributed by atoms with van der Waals surface area (Å²) in [5.41, 5.74) is 1.54. The number of rotatable bonds is 4. The van der Waals surface area contributed by atoms with Crippen LogP contribution >= 0.6 is 0 Å². The third kappa shape index (κ3) is 3.62. The van der Waals surface area contributed by atoms with E-state index in [-0.39, 0.29) is 5.75 Å². The van der Waals surface area contributed by atoms with Gasteiger partial charge < -0.3 is 14.3 Å². The summed E-state index contributed by atoms with van der Waals surface area (Å²) in [6, 6.07) is 7.91. The van der Waals surface area contributed by atoms with Gasteiger partial charge in [-0.25, -0.2) is 4.98 Å². The van der Waals surface area contributed by atoms with Gasteiger partial charge in [0.25, 0.3) is 0 Å². The Labute approximate surface area is 138 Å². The topological polar surface area (TPSA) is 73.9 Å². The molecule has 0 amide bonds. The average molecular weight is 355 g/mol. The van der Waals surface area contributed by atoms with Gasteiger partial charge in [-0.3, -0.25) is 4.98 Å². The van der Waals surface area contributed by atoms with E-state index in [1.807, 2.05) is 0 Å². The fourth-order valence-electron chi connectivity index (χ4n) is 2.16. The fourth-order valence-corrected chi connectivity index (χ4v) is 2.87. The summed E-state index contributed by atoms with van der Waals surface area (Å²) < 4.78 is 53.2. The van der Waals surface area contributed by atoms with Gasteiger partial charge in [0.15, 0.2) is 17.3 Å². The number of nitrogens with one attached hydrogen (secondary N) is 1. The summed E-state index contributed by atoms with van der Waals surface area (Å²) in [6.07, 6.45) is -1.52. The van der Waals surface area contributed by atoms with E-state index in [0.717, 1.165) is 0 Å². The van der Waals surface area contributed by atoms with Crippen LogP contribution < -0.4 is 4.74 Å². The highest BCUT2D eigenvalue weighted by atomic mass is 32.2. The van der Waals surface area contributed by atoms with Gasteiger partial charge >= 0.3 is 6.18 Å². The van der Waals surface area contributed by atoms with Gasteiger partial charge in [-0.2, -0.15) is 13.2 Å². The first-order valence-electron chi connectivity index (χ1n) is 6.81. The molecule has 126 valence electrons. The SMILES string of the molecule is C[S+]([O-])c1cccc2nc(-c3cc(OCC(F)(F)F)ccn3)[nH]c12. The number of nitrogens with zero attached hydrogens (tertiary/aromatic N) is 2. The summed E-state index contributed by atoms with van der Waals surface area (Å²) in [7, 11) is 0. The number of para-hydroxylation sites is 1. The van der Waals surface area contributed by atoms with Gasteiger partial charge in [0.2, 0.25) is 0 Å². The summed E-state index contributed by atoms with van der Waals surface area (Å²) in [5, 5.41) is 0. The van der Waals surface area contributed by atoms with E-state index in [1.54, 1.807) is 24.5 Å². The lowest BCUT2D eigenvalue weighted by molar-refractivity contribution is -0.153. The molecule has 0 bridgehead atoms. The third-order valence-electron chi connectivity index (χ3n) is 3.17. The van der Waals surface area contributed by atoms with Crippen LogP contribution in [-0.2, 0) is 11.2 Å². The maximum absolute atomic E-state index is 12.2. The Morgan fingerprint density at radius 1 is 1.29 bits per heavy atom. The minimum absolute atomic E-state index is 0.0390. The van der Waals surface area contributed by atoms with Gasteiger partial charge in [-0.15, -0.1) is 0 Å². The van der Waals surface area contributed by atoms with E-state index in [2.05, 4.69) is 15.0 Å². The van der Waals surface area contributed by atoms with Crippen LogP contribution in [0.4, 0.5) is 13.2 Å². The summed E-state index contributed by atoms with van der Waals surface area (Å²) in [5.74, 6) is 0.400. The van der Waals surface area contributed by atoms with Crippen molar-refractivity contribution in [3.63, 3.8) is 0 Å². The molecule has 24 heavy (non-hydrogen) atoms. The first kappa shape index (κ1) is 16.6. The number of alkyl halides is 3. The molecule has 2 aromatic heterocycles. The lowest BCUT2D eigenvalue weighted by Gasteiger charge is -2.09. The van der Waals surface area contributed by atoms with E-state index in [4.69, 9.17) is 4.74 Å². The van der Waals surface area contributed by atoms with E-state index < -0.39 is 24.0 Å². The molecule has 5 nitrogen and oxygen atoms in total. The van der Waals surface area contributed by atoms with Crippen LogP contribution in [0.25, 0.3) is 22.6 Å². The lowest BCUT2D eigenvalue weighted by Crippen LogP contribution is -2.19. The second kappa shape index (κ2) is 6.33. The molecule has 0 aliphatic carbocycles. The first-order valence-corrected chi connectivity index (χ1v) is 8.37. The summed E-state index contributed by atoms with van der Waals surface area (Å²) >= 11 is -1.21. The molecular weight excluding hydrogens is 343 g/mol. The second-order valence-corrected chi connectivity index (χ2v) is 6.32. The van der Waals surface area contributed by atoms with Crippen molar-refractivity contribution in [1.82, 2.24) is 15.0 Å². The molecule has 3 aromatic rings. The van der Waals surface area contributed by atoms with Crippen molar-refractivity contribution in [3.8, 4) is 17.3 Å². The van der Waals surface area contributed by atoms with Crippen LogP contribution in [0, 0.1) is 0 Å². The molecule has 3 rings (SSSR count). The third-order valence-corrected chi connectivity index (χ3v) is 4.13. The van der Waals surface area contributed by atoms with Crippen molar-refractivity contribution >= 4 is 22.2 Å². The van der Waals surface area contributed by atoms with Crippen LogP contribution in [-0.4, -0.2) is 38.5 Å². The van der Waals surface area contributed by atoms with Crippen LogP contribution in [0.2, 0.25) is 0 Å². The molecule has 0 radical (unpaired) electrons. The van der Waals surface area contributed by atoms with Crippen molar-refractivity contribution in [2.24, 2.45) is 0 Å². The molecular formula is C15H12F3N3O2S. The van der Waals surface area contributed by atoms with Crippen LogP contribution in [0.1, 0.15) is 0 Å². The summed E-state index contributed by atoms with van der Waals surface area (Å²) in [6.45, 7) is -1.38. The number of H-pyrrole nitrogens is 1. The molecule has 1 N–H and O–H groups in total. The molecule has 0 saturated heterocycles. The highest BCUT2D eigenvalue weighted by Crippen LogP contribution is 2.26. The van der Waals surface area contributed by atoms with Crippen LogP contribution in [0.5, 0.6) is 5.75 Å². The number of aromatic nitrogens is 3.